The average molecular weight is 337 g/mol. The highest BCUT2D eigenvalue weighted by Crippen LogP contribution is 2.12. The van der Waals surface area contributed by atoms with Gasteiger partial charge in [-0.2, -0.15) is 0 Å². The van der Waals surface area contributed by atoms with Crippen molar-refractivity contribution in [2.75, 3.05) is 0 Å². The van der Waals surface area contributed by atoms with Crippen LogP contribution in [0.25, 0.3) is 0 Å². The topological polar surface area (TPSA) is 84.9 Å². The lowest BCUT2D eigenvalue weighted by Crippen LogP contribution is -2.52. The molecule has 1 unspecified atom stereocenters. The van der Waals surface area contributed by atoms with Gasteiger partial charge in [-0.3, -0.25) is 0 Å². The molecule has 1 rings (SSSR count). The molecule has 0 aromatic heterocycles. The van der Waals surface area contributed by atoms with Crippen LogP contribution in [0.5, 0.6) is 0 Å². The molecule has 0 saturated heterocycles. The number of aliphatic hydroxyl groups excluding tert-OH is 1. The molecule has 1 aromatic rings. The number of ether oxygens (including phenoxy) is 2. The van der Waals surface area contributed by atoms with E-state index < -0.39 is 29.8 Å². The molecule has 0 saturated carbocycles. The van der Waals surface area contributed by atoms with E-state index in [1.54, 1.807) is 34.6 Å². The van der Waals surface area contributed by atoms with Crippen LogP contribution in [0.1, 0.15) is 40.2 Å². The summed E-state index contributed by atoms with van der Waals surface area (Å²) in [6, 6.07) is 7.99. The summed E-state index contributed by atoms with van der Waals surface area (Å²) in [6.45, 7) is 8.71. The molecule has 6 heteroatoms. The summed E-state index contributed by atoms with van der Waals surface area (Å²) in [5.74, 6) is -0.944. The molecule has 2 atom stereocenters. The zero-order chi connectivity index (χ0) is 18.3. The third-order valence-corrected chi connectivity index (χ3v) is 3.17. The number of carbonyl (C=O) groups is 2. The van der Waals surface area contributed by atoms with Crippen LogP contribution in [0, 0.1) is 5.92 Å². The number of hydrogen-bond acceptors (Lipinski definition) is 5. The van der Waals surface area contributed by atoms with Gasteiger partial charge in [-0.1, -0.05) is 44.2 Å². The lowest BCUT2D eigenvalue weighted by atomic mass is 10.00. The van der Waals surface area contributed by atoms with Gasteiger partial charge in [0, 0.05) is 0 Å². The highest BCUT2D eigenvalue weighted by molar-refractivity contribution is 5.82. The smallest absolute Gasteiger partial charge is 0.408 e. The molecule has 0 aliphatic heterocycles. The molecule has 0 aliphatic rings. The third-order valence-electron chi connectivity index (χ3n) is 3.17. The van der Waals surface area contributed by atoms with Crippen molar-refractivity contribution in [2.45, 2.75) is 59.0 Å². The van der Waals surface area contributed by atoms with Gasteiger partial charge >= 0.3 is 12.1 Å². The van der Waals surface area contributed by atoms with E-state index in [-0.39, 0.29) is 12.5 Å². The summed E-state index contributed by atoms with van der Waals surface area (Å²) in [5.41, 5.74) is 0.117. The molecule has 0 radical (unpaired) electrons. The predicted octanol–water partition coefficient (Wildman–Crippen LogP) is 2.64. The van der Waals surface area contributed by atoms with E-state index in [2.05, 4.69) is 5.32 Å². The molecular formula is C18H27NO5. The van der Waals surface area contributed by atoms with E-state index in [0.29, 0.717) is 0 Å². The van der Waals surface area contributed by atoms with Crippen molar-refractivity contribution < 1.29 is 24.2 Å². The Morgan fingerprint density at radius 2 is 1.75 bits per heavy atom. The average Bonchev–Trinajstić information content (AvgIpc) is 2.48. The highest BCUT2D eigenvalue weighted by Gasteiger charge is 2.33. The van der Waals surface area contributed by atoms with Crippen LogP contribution < -0.4 is 5.32 Å². The Balaban J connectivity index is 2.73. The second-order valence-corrected chi connectivity index (χ2v) is 6.95. The minimum absolute atomic E-state index is 0.0665. The number of alkyl carbamates (subject to hydrolysis) is 1. The second kappa shape index (κ2) is 8.68. The molecule has 2 N–H and O–H groups in total. The lowest BCUT2D eigenvalue weighted by molar-refractivity contribution is -0.151. The molecule has 0 heterocycles. The maximum atomic E-state index is 12.3. The summed E-state index contributed by atoms with van der Waals surface area (Å²) in [4.78, 5) is 24.2. The van der Waals surface area contributed by atoms with E-state index in [1.807, 2.05) is 30.3 Å². The minimum Gasteiger partial charge on any atom is -0.459 e. The molecule has 0 bridgehead atoms. The quantitative estimate of drug-likeness (QED) is 0.780. The molecule has 24 heavy (non-hydrogen) atoms. The summed E-state index contributed by atoms with van der Waals surface area (Å²) in [6.07, 6.45) is -1.86. The standard InChI is InChI=1S/C18H27NO5/c1-12(2)15(20)14(19-17(22)24-18(3,4)5)16(21)23-11-13-9-7-6-8-10-13/h6-10,12,14-15,20H,11H2,1-5H3,(H,19,22)/t14-,15?/m0/s1. The van der Waals surface area contributed by atoms with E-state index in [1.165, 1.54) is 0 Å². The van der Waals surface area contributed by atoms with Gasteiger partial charge in [0.25, 0.3) is 0 Å². The van der Waals surface area contributed by atoms with Crippen molar-refractivity contribution in [1.82, 2.24) is 5.32 Å². The van der Waals surface area contributed by atoms with Crippen molar-refractivity contribution in [3.05, 3.63) is 35.9 Å². The first kappa shape index (κ1) is 20.0. The van der Waals surface area contributed by atoms with E-state index in [9.17, 15) is 14.7 Å². The van der Waals surface area contributed by atoms with Gasteiger partial charge in [-0.15, -0.1) is 0 Å². The highest BCUT2D eigenvalue weighted by atomic mass is 16.6. The van der Waals surface area contributed by atoms with Gasteiger partial charge in [-0.25, -0.2) is 9.59 Å². The number of hydrogen-bond donors (Lipinski definition) is 2. The van der Waals surface area contributed by atoms with E-state index in [4.69, 9.17) is 9.47 Å². The Kier molecular flexibility index (Phi) is 7.22. The second-order valence-electron chi connectivity index (χ2n) is 6.95. The molecule has 0 fully saturated rings. The van der Waals surface area contributed by atoms with Crippen molar-refractivity contribution in [1.29, 1.82) is 0 Å². The maximum Gasteiger partial charge on any atom is 0.408 e. The Bertz CT molecular complexity index is 536. The fourth-order valence-corrected chi connectivity index (χ4v) is 1.92. The Hall–Kier alpha value is -2.08. The van der Waals surface area contributed by atoms with Crippen molar-refractivity contribution >= 4 is 12.1 Å². The third kappa shape index (κ3) is 7.00. The number of esters is 1. The fourth-order valence-electron chi connectivity index (χ4n) is 1.92. The number of aliphatic hydroxyl groups is 1. The Morgan fingerprint density at radius 1 is 1.17 bits per heavy atom. The maximum absolute atomic E-state index is 12.3. The van der Waals surface area contributed by atoms with Gasteiger partial charge < -0.3 is 19.9 Å². The normalized spacial score (nSPS) is 14.0. The van der Waals surface area contributed by atoms with Gasteiger partial charge in [0.2, 0.25) is 0 Å². The minimum atomic E-state index is -1.19. The van der Waals surface area contributed by atoms with Crippen LogP contribution in [0.4, 0.5) is 4.79 Å². The van der Waals surface area contributed by atoms with Crippen LogP contribution in [-0.4, -0.2) is 34.9 Å². The van der Waals surface area contributed by atoms with Gasteiger partial charge in [0.1, 0.15) is 12.2 Å². The van der Waals surface area contributed by atoms with Crippen molar-refractivity contribution in [3.8, 4) is 0 Å². The molecule has 134 valence electrons. The number of benzene rings is 1. The van der Waals surface area contributed by atoms with Gasteiger partial charge in [0.05, 0.1) is 6.10 Å². The molecule has 0 spiro atoms. The van der Waals surface area contributed by atoms with Crippen molar-refractivity contribution in [2.24, 2.45) is 5.92 Å². The van der Waals surface area contributed by atoms with E-state index >= 15 is 0 Å². The first-order chi connectivity index (χ1) is 11.1. The number of rotatable bonds is 6. The predicted molar refractivity (Wildman–Crippen MR) is 90.2 cm³/mol. The van der Waals surface area contributed by atoms with Crippen LogP contribution in [0.15, 0.2) is 30.3 Å². The Labute approximate surface area is 143 Å². The number of nitrogens with one attached hydrogen (secondary N) is 1. The largest absolute Gasteiger partial charge is 0.459 e. The summed E-state index contributed by atoms with van der Waals surface area (Å²) in [7, 11) is 0. The first-order valence-electron chi connectivity index (χ1n) is 7.98. The zero-order valence-electron chi connectivity index (χ0n) is 14.9. The molecular weight excluding hydrogens is 310 g/mol. The number of amides is 1. The first-order valence-corrected chi connectivity index (χ1v) is 7.98. The van der Waals surface area contributed by atoms with Crippen LogP contribution in [-0.2, 0) is 20.9 Å². The molecule has 1 aromatic carbocycles. The zero-order valence-corrected chi connectivity index (χ0v) is 14.9. The van der Waals surface area contributed by atoms with Crippen LogP contribution in [0.2, 0.25) is 0 Å². The monoisotopic (exact) mass is 337 g/mol. The molecule has 0 aliphatic carbocycles. The fraction of sp³-hybridized carbons (Fsp3) is 0.556. The Morgan fingerprint density at radius 3 is 2.25 bits per heavy atom. The molecule has 1 amide bonds. The van der Waals surface area contributed by atoms with Crippen LogP contribution >= 0.6 is 0 Å². The van der Waals surface area contributed by atoms with Gasteiger partial charge in [-0.05, 0) is 32.3 Å². The lowest BCUT2D eigenvalue weighted by Gasteiger charge is -2.27. The summed E-state index contributed by atoms with van der Waals surface area (Å²) >= 11 is 0. The van der Waals surface area contributed by atoms with E-state index in [0.717, 1.165) is 5.56 Å². The summed E-state index contributed by atoms with van der Waals surface area (Å²) < 4.78 is 10.4. The molecule has 6 nitrogen and oxygen atoms in total. The summed E-state index contributed by atoms with van der Waals surface area (Å²) in [5, 5.41) is 12.6. The van der Waals surface area contributed by atoms with Crippen molar-refractivity contribution in [3.63, 3.8) is 0 Å². The number of carbonyl (C=O) groups excluding carboxylic acids is 2. The van der Waals surface area contributed by atoms with Crippen LogP contribution in [0.3, 0.4) is 0 Å². The SMILES string of the molecule is CC(C)C(O)[C@H](NC(=O)OC(C)(C)C)C(=O)OCc1ccccc1. The van der Waals surface area contributed by atoms with Gasteiger partial charge in [0.15, 0.2) is 6.04 Å².